The first kappa shape index (κ1) is 12.5. The molecule has 1 aromatic rings. The van der Waals surface area contributed by atoms with Gasteiger partial charge in [0.25, 0.3) is 10.2 Å². The maximum Gasteiger partial charge on any atom is 0.279 e. The van der Waals surface area contributed by atoms with Crippen LogP contribution >= 0.6 is 0 Å². The van der Waals surface area contributed by atoms with Crippen LogP contribution in [0.15, 0.2) is 12.4 Å². The maximum absolute atomic E-state index is 12.0. The van der Waals surface area contributed by atoms with Gasteiger partial charge in [0.2, 0.25) is 0 Å². The molecule has 96 valence electrons. The van der Waals surface area contributed by atoms with Crippen LogP contribution in [0.5, 0.6) is 0 Å². The molecule has 1 unspecified atom stereocenters. The SMILES string of the molecule is CC1CCCN(S(=O)(=O)NCc2cn[nH]c2)C1. The summed E-state index contributed by atoms with van der Waals surface area (Å²) in [6.45, 7) is 3.59. The quantitative estimate of drug-likeness (QED) is 0.824. The largest absolute Gasteiger partial charge is 0.285 e. The third-order valence-corrected chi connectivity index (χ3v) is 4.49. The number of nitrogens with zero attached hydrogens (tertiary/aromatic N) is 2. The van der Waals surface area contributed by atoms with Crippen molar-refractivity contribution in [2.75, 3.05) is 13.1 Å². The van der Waals surface area contributed by atoms with Gasteiger partial charge < -0.3 is 0 Å². The van der Waals surface area contributed by atoms with Crippen molar-refractivity contribution in [1.82, 2.24) is 19.2 Å². The molecular formula is C10H18N4O2S. The Morgan fingerprint density at radius 3 is 3.12 bits per heavy atom. The van der Waals surface area contributed by atoms with Crippen molar-refractivity contribution in [3.05, 3.63) is 18.0 Å². The molecule has 2 rings (SSSR count). The van der Waals surface area contributed by atoms with E-state index in [9.17, 15) is 8.42 Å². The smallest absolute Gasteiger partial charge is 0.279 e. The molecule has 1 aliphatic heterocycles. The lowest BCUT2D eigenvalue weighted by molar-refractivity contribution is 0.278. The van der Waals surface area contributed by atoms with Gasteiger partial charge in [0.1, 0.15) is 0 Å². The Bertz CT molecular complexity index is 443. The zero-order valence-corrected chi connectivity index (χ0v) is 10.7. The monoisotopic (exact) mass is 258 g/mol. The molecule has 0 radical (unpaired) electrons. The van der Waals surface area contributed by atoms with Gasteiger partial charge in [-0.05, 0) is 18.8 Å². The van der Waals surface area contributed by atoms with Crippen molar-refractivity contribution in [3.8, 4) is 0 Å². The van der Waals surface area contributed by atoms with Crippen LogP contribution in [0.3, 0.4) is 0 Å². The first-order valence-electron chi connectivity index (χ1n) is 5.80. The molecule has 0 aromatic carbocycles. The van der Waals surface area contributed by atoms with Gasteiger partial charge in [-0.25, -0.2) is 0 Å². The molecule has 0 amide bonds. The van der Waals surface area contributed by atoms with E-state index in [1.807, 2.05) is 0 Å². The highest BCUT2D eigenvalue weighted by Crippen LogP contribution is 2.17. The van der Waals surface area contributed by atoms with Crippen molar-refractivity contribution in [1.29, 1.82) is 0 Å². The predicted octanol–water partition coefficient (Wildman–Crippen LogP) is 0.476. The number of rotatable bonds is 4. The minimum absolute atomic E-state index is 0.281. The van der Waals surface area contributed by atoms with E-state index in [1.165, 1.54) is 4.31 Å². The molecule has 1 fully saturated rings. The van der Waals surface area contributed by atoms with Crippen LogP contribution in [0, 0.1) is 5.92 Å². The van der Waals surface area contributed by atoms with Crippen LogP contribution in [-0.4, -0.2) is 36.0 Å². The molecular weight excluding hydrogens is 240 g/mol. The van der Waals surface area contributed by atoms with Gasteiger partial charge in [-0.1, -0.05) is 6.92 Å². The van der Waals surface area contributed by atoms with E-state index in [1.54, 1.807) is 12.4 Å². The topological polar surface area (TPSA) is 78.1 Å². The van der Waals surface area contributed by atoms with Crippen molar-refractivity contribution >= 4 is 10.2 Å². The third-order valence-electron chi connectivity index (χ3n) is 2.97. The zero-order chi connectivity index (χ0) is 12.3. The third kappa shape index (κ3) is 3.27. The second-order valence-corrected chi connectivity index (χ2v) is 6.29. The van der Waals surface area contributed by atoms with E-state index in [0.29, 0.717) is 19.0 Å². The summed E-state index contributed by atoms with van der Waals surface area (Å²) in [6, 6.07) is 0. The summed E-state index contributed by atoms with van der Waals surface area (Å²) in [5, 5.41) is 6.43. The highest BCUT2D eigenvalue weighted by Gasteiger charge is 2.26. The molecule has 1 atom stereocenters. The molecule has 1 saturated heterocycles. The summed E-state index contributed by atoms with van der Waals surface area (Å²) in [4.78, 5) is 0. The van der Waals surface area contributed by atoms with E-state index >= 15 is 0 Å². The van der Waals surface area contributed by atoms with E-state index in [4.69, 9.17) is 0 Å². The van der Waals surface area contributed by atoms with Crippen molar-refractivity contribution in [2.45, 2.75) is 26.3 Å². The van der Waals surface area contributed by atoms with Crippen LogP contribution in [0.25, 0.3) is 0 Å². The van der Waals surface area contributed by atoms with Gasteiger partial charge in [-0.3, -0.25) is 5.10 Å². The van der Waals surface area contributed by atoms with E-state index in [-0.39, 0.29) is 6.54 Å². The maximum atomic E-state index is 12.0. The van der Waals surface area contributed by atoms with E-state index in [2.05, 4.69) is 21.8 Å². The Labute approximate surface area is 102 Å². The van der Waals surface area contributed by atoms with Gasteiger partial charge in [-0.15, -0.1) is 0 Å². The number of H-pyrrole nitrogens is 1. The fraction of sp³-hybridized carbons (Fsp3) is 0.700. The summed E-state index contributed by atoms with van der Waals surface area (Å²) in [5.74, 6) is 0.439. The zero-order valence-electron chi connectivity index (χ0n) is 9.89. The lowest BCUT2D eigenvalue weighted by atomic mass is 10.0. The summed E-state index contributed by atoms with van der Waals surface area (Å²) < 4.78 is 28.1. The summed E-state index contributed by atoms with van der Waals surface area (Å²) in [5.41, 5.74) is 0.832. The molecule has 2 N–H and O–H groups in total. The van der Waals surface area contributed by atoms with Gasteiger partial charge in [0.05, 0.1) is 6.20 Å². The second kappa shape index (κ2) is 5.16. The Hall–Kier alpha value is -0.920. The Morgan fingerprint density at radius 2 is 2.47 bits per heavy atom. The van der Waals surface area contributed by atoms with Crippen LogP contribution in [-0.2, 0) is 16.8 Å². The normalized spacial score (nSPS) is 22.8. The predicted molar refractivity (Wildman–Crippen MR) is 64.3 cm³/mol. The van der Waals surface area contributed by atoms with Gasteiger partial charge in [0.15, 0.2) is 0 Å². The minimum atomic E-state index is -3.35. The molecule has 1 aliphatic rings. The van der Waals surface area contributed by atoms with Crippen LogP contribution < -0.4 is 4.72 Å². The Balaban J connectivity index is 1.94. The molecule has 0 spiro atoms. The van der Waals surface area contributed by atoms with Gasteiger partial charge in [0, 0.05) is 31.4 Å². The van der Waals surface area contributed by atoms with Crippen LogP contribution in [0.2, 0.25) is 0 Å². The lowest BCUT2D eigenvalue weighted by Gasteiger charge is -2.29. The number of piperidine rings is 1. The lowest BCUT2D eigenvalue weighted by Crippen LogP contribution is -2.45. The number of nitrogens with one attached hydrogen (secondary N) is 2. The highest BCUT2D eigenvalue weighted by atomic mass is 32.2. The van der Waals surface area contributed by atoms with Crippen LogP contribution in [0.4, 0.5) is 0 Å². The van der Waals surface area contributed by atoms with E-state index < -0.39 is 10.2 Å². The molecule has 17 heavy (non-hydrogen) atoms. The average molecular weight is 258 g/mol. The summed E-state index contributed by atoms with van der Waals surface area (Å²) >= 11 is 0. The molecule has 0 bridgehead atoms. The Kier molecular flexibility index (Phi) is 3.80. The second-order valence-electron chi connectivity index (χ2n) is 4.54. The van der Waals surface area contributed by atoms with Crippen molar-refractivity contribution < 1.29 is 8.42 Å². The molecule has 0 saturated carbocycles. The highest BCUT2D eigenvalue weighted by molar-refractivity contribution is 7.87. The molecule has 2 heterocycles. The van der Waals surface area contributed by atoms with E-state index in [0.717, 1.165) is 18.4 Å². The first-order chi connectivity index (χ1) is 8.08. The number of hydrogen-bond acceptors (Lipinski definition) is 3. The number of aromatic nitrogens is 2. The van der Waals surface area contributed by atoms with Gasteiger partial charge >= 0.3 is 0 Å². The average Bonchev–Trinajstić information content (AvgIpc) is 2.79. The number of hydrogen-bond donors (Lipinski definition) is 2. The number of aromatic amines is 1. The summed E-state index contributed by atoms with van der Waals surface area (Å²) in [6.07, 6.45) is 5.34. The fourth-order valence-corrected chi connectivity index (χ4v) is 3.36. The Morgan fingerprint density at radius 1 is 1.65 bits per heavy atom. The molecule has 1 aromatic heterocycles. The molecule has 7 heteroatoms. The molecule has 0 aliphatic carbocycles. The molecule has 6 nitrogen and oxygen atoms in total. The van der Waals surface area contributed by atoms with Crippen LogP contribution in [0.1, 0.15) is 25.3 Å². The van der Waals surface area contributed by atoms with Gasteiger partial charge in [-0.2, -0.15) is 22.5 Å². The first-order valence-corrected chi connectivity index (χ1v) is 7.24. The summed E-state index contributed by atoms with van der Waals surface area (Å²) in [7, 11) is -3.35. The standard InChI is InChI=1S/C10H18N4O2S/c1-9-3-2-4-14(8-9)17(15,16)13-7-10-5-11-12-6-10/h5-6,9,13H,2-4,7-8H2,1H3,(H,11,12). The van der Waals surface area contributed by atoms with Crippen molar-refractivity contribution in [3.63, 3.8) is 0 Å². The fourth-order valence-electron chi connectivity index (χ4n) is 2.00. The van der Waals surface area contributed by atoms with Crippen molar-refractivity contribution in [2.24, 2.45) is 5.92 Å². The minimum Gasteiger partial charge on any atom is -0.285 e.